The molecule has 2 aliphatic rings. The summed E-state index contributed by atoms with van der Waals surface area (Å²) >= 11 is 0. The molecule has 2 saturated heterocycles. The molecule has 0 radical (unpaired) electrons. The average Bonchev–Trinajstić information content (AvgIpc) is 3.50. The van der Waals surface area contributed by atoms with E-state index in [0.717, 1.165) is 48.4 Å². The van der Waals surface area contributed by atoms with Crippen LogP contribution in [0.2, 0.25) is 0 Å². The third-order valence-corrected chi connectivity index (χ3v) is 9.20. The zero-order valence-corrected chi connectivity index (χ0v) is 24.7. The zero-order valence-electron chi connectivity index (χ0n) is 24.7. The summed E-state index contributed by atoms with van der Waals surface area (Å²) in [6.45, 7) is 3.47. The molecule has 3 heterocycles. The van der Waals surface area contributed by atoms with Crippen LogP contribution in [0.3, 0.4) is 0 Å². The van der Waals surface area contributed by atoms with Gasteiger partial charge in [0.1, 0.15) is 5.75 Å². The fraction of sp³-hybridized carbons (Fsp3) is 0.371. The Balaban J connectivity index is 1.51. The van der Waals surface area contributed by atoms with Crippen molar-refractivity contribution >= 4 is 0 Å². The van der Waals surface area contributed by atoms with E-state index in [0.29, 0.717) is 12.0 Å². The van der Waals surface area contributed by atoms with Crippen LogP contribution in [0, 0.1) is 6.92 Å². The summed E-state index contributed by atoms with van der Waals surface area (Å²) in [5, 5.41) is 12.8. The summed E-state index contributed by atoms with van der Waals surface area (Å²) in [5.41, 5.74) is 1.28. The molecule has 4 aromatic rings. The maximum atomic E-state index is 13.1. The molecule has 2 aliphatic heterocycles. The highest BCUT2D eigenvalue weighted by Crippen LogP contribution is 2.47. The Labute approximate surface area is 251 Å². The normalized spacial score (nSPS) is 21.9. The lowest BCUT2D eigenvalue weighted by atomic mass is 9.64. The number of H-pyrrole nitrogens is 1. The SMILES string of the molecule is COc1ccc(C(c2ccccc2)(c2ccccc2)C(O)[C@@H]2CC(N3CCCCC3)[C@H](n3cc(C)c(=O)[nH]c3=O)O2)cc1. The molecular formula is C35H39N3O5. The van der Waals surface area contributed by atoms with E-state index in [1.54, 1.807) is 20.2 Å². The first kappa shape index (κ1) is 29.1. The Hall–Kier alpha value is -3.98. The second-order valence-electron chi connectivity index (χ2n) is 11.7. The predicted molar refractivity (Wildman–Crippen MR) is 166 cm³/mol. The number of aliphatic hydroxyl groups is 1. The zero-order chi connectivity index (χ0) is 30.0. The number of nitrogens with one attached hydrogen (secondary N) is 1. The van der Waals surface area contributed by atoms with Crippen LogP contribution in [0.25, 0.3) is 0 Å². The molecule has 8 heteroatoms. The van der Waals surface area contributed by atoms with Gasteiger partial charge < -0.3 is 14.6 Å². The number of hydrogen-bond donors (Lipinski definition) is 2. The Morgan fingerprint density at radius 2 is 1.47 bits per heavy atom. The Morgan fingerprint density at radius 1 is 0.884 bits per heavy atom. The van der Waals surface area contributed by atoms with E-state index < -0.39 is 35.1 Å². The maximum Gasteiger partial charge on any atom is 0.330 e. The molecule has 4 atom stereocenters. The number of ether oxygens (including phenoxy) is 2. The molecule has 2 N–H and O–H groups in total. The lowest BCUT2D eigenvalue weighted by molar-refractivity contribution is -0.0847. The fourth-order valence-electron chi connectivity index (χ4n) is 7.04. The van der Waals surface area contributed by atoms with Crippen molar-refractivity contribution in [1.29, 1.82) is 0 Å². The van der Waals surface area contributed by atoms with Crippen LogP contribution in [0.1, 0.15) is 54.2 Å². The summed E-state index contributed by atoms with van der Waals surface area (Å²) in [6, 6.07) is 27.8. The first-order chi connectivity index (χ1) is 20.9. The van der Waals surface area contributed by atoms with Gasteiger partial charge in [0.25, 0.3) is 5.56 Å². The van der Waals surface area contributed by atoms with Gasteiger partial charge in [-0.2, -0.15) is 0 Å². The quantitative estimate of drug-likeness (QED) is 0.300. The van der Waals surface area contributed by atoms with Gasteiger partial charge in [-0.05, 0) is 68.1 Å². The number of likely N-dealkylation sites (tertiary alicyclic amines) is 1. The Bertz CT molecular complexity index is 1590. The van der Waals surface area contributed by atoms with Crippen molar-refractivity contribution in [1.82, 2.24) is 14.5 Å². The van der Waals surface area contributed by atoms with E-state index in [4.69, 9.17) is 9.47 Å². The summed E-state index contributed by atoms with van der Waals surface area (Å²) in [4.78, 5) is 30.2. The number of aromatic nitrogens is 2. The number of aromatic amines is 1. The molecule has 6 rings (SSSR count). The number of benzene rings is 3. The van der Waals surface area contributed by atoms with Crippen LogP contribution in [0.15, 0.2) is 101 Å². The lowest BCUT2D eigenvalue weighted by Crippen LogP contribution is -2.49. The van der Waals surface area contributed by atoms with Crippen LogP contribution < -0.4 is 16.0 Å². The highest BCUT2D eigenvalue weighted by atomic mass is 16.5. The monoisotopic (exact) mass is 581 g/mol. The van der Waals surface area contributed by atoms with Gasteiger partial charge in [-0.3, -0.25) is 19.2 Å². The van der Waals surface area contributed by atoms with Crippen LogP contribution in [-0.2, 0) is 10.2 Å². The number of piperidine rings is 1. The first-order valence-electron chi connectivity index (χ1n) is 15.1. The molecule has 2 fully saturated rings. The number of methoxy groups -OCH3 is 1. The topological polar surface area (TPSA) is 96.8 Å². The third-order valence-electron chi connectivity index (χ3n) is 9.20. The average molecular weight is 582 g/mol. The van der Waals surface area contributed by atoms with E-state index in [1.165, 1.54) is 11.0 Å². The second kappa shape index (κ2) is 12.3. The molecule has 0 spiro atoms. The summed E-state index contributed by atoms with van der Waals surface area (Å²) < 4.78 is 13.8. The molecule has 2 unspecified atom stereocenters. The van der Waals surface area contributed by atoms with Gasteiger partial charge in [-0.15, -0.1) is 0 Å². The van der Waals surface area contributed by atoms with Crippen LogP contribution in [0.5, 0.6) is 5.75 Å². The van der Waals surface area contributed by atoms with Crippen LogP contribution in [-0.4, -0.2) is 58.0 Å². The van der Waals surface area contributed by atoms with E-state index in [2.05, 4.69) is 9.88 Å². The molecule has 224 valence electrons. The second-order valence-corrected chi connectivity index (χ2v) is 11.7. The molecular weight excluding hydrogens is 542 g/mol. The lowest BCUT2D eigenvalue weighted by Gasteiger charge is -2.42. The smallest absolute Gasteiger partial charge is 0.330 e. The standard InChI is InChI=1S/C35H39N3O5/c1-24-23-38(34(41)36-32(24)40)33-29(37-20-10-5-11-21-37)22-30(43-33)31(39)35(25-12-6-3-7-13-25,26-14-8-4-9-15-26)27-16-18-28(42-2)19-17-27/h3-4,6-9,12-19,23,29-31,33,39H,5,10-11,20-22H2,1-2H3,(H,36,40,41)/t29?,30-,31?,33+/m0/s1. The molecule has 0 amide bonds. The molecule has 0 bridgehead atoms. The van der Waals surface area contributed by atoms with E-state index in [1.807, 2.05) is 84.9 Å². The molecule has 0 saturated carbocycles. The highest BCUT2D eigenvalue weighted by molar-refractivity contribution is 5.53. The number of aryl methyl sites for hydroxylation is 1. The summed E-state index contributed by atoms with van der Waals surface area (Å²) in [6.07, 6.45) is 3.10. The number of hydrogen-bond acceptors (Lipinski definition) is 6. The van der Waals surface area contributed by atoms with Crippen molar-refractivity contribution in [3.05, 3.63) is 134 Å². The van der Waals surface area contributed by atoms with Gasteiger partial charge >= 0.3 is 5.69 Å². The van der Waals surface area contributed by atoms with Crippen LogP contribution in [0.4, 0.5) is 0 Å². The molecule has 8 nitrogen and oxygen atoms in total. The van der Waals surface area contributed by atoms with Gasteiger partial charge in [0.2, 0.25) is 0 Å². The number of aliphatic hydroxyl groups excluding tert-OH is 1. The molecule has 43 heavy (non-hydrogen) atoms. The predicted octanol–water partition coefficient (Wildman–Crippen LogP) is 4.39. The van der Waals surface area contributed by atoms with Crippen molar-refractivity contribution in [2.45, 2.75) is 62.5 Å². The Morgan fingerprint density at radius 3 is 2.05 bits per heavy atom. The van der Waals surface area contributed by atoms with Gasteiger partial charge in [0, 0.05) is 11.8 Å². The molecule has 3 aromatic carbocycles. The maximum absolute atomic E-state index is 13.1. The molecule has 0 aliphatic carbocycles. The van der Waals surface area contributed by atoms with Gasteiger partial charge in [0.05, 0.1) is 30.8 Å². The van der Waals surface area contributed by atoms with Gasteiger partial charge in [0.15, 0.2) is 6.23 Å². The number of nitrogens with zero attached hydrogens (tertiary/aromatic N) is 2. The van der Waals surface area contributed by atoms with Gasteiger partial charge in [-0.25, -0.2) is 4.79 Å². The number of rotatable bonds is 8. The van der Waals surface area contributed by atoms with Crippen LogP contribution >= 0.6 is 0 Å². The summed E-state index contributed by atoms with van der Waals surface area (Å²) in [7, 11) is 1.64. The minimum absolute atomic E-state index is 0.150. The van der Waals surface area contributed by atoms with Crippen molar-refractivity contribution in [3.63, 3.8) is 0 Å². The summed E-state index contributed by atoms with van der Waals surface area (Å²) in [5.74, 6) is 0.725. The van der Waals surface area contributed by atoms with Gasteiger partial charge in [-0.1, -0.05) is 79.2 Å². The highest BCUT2D eigenvalue weighted by Gasteiger charge is 2.52. The van der Waals surface area contributed by atoms with E-state index in [-0.39, 0.29) is 6.04 Å². The fourth-order valence-corrected chi connectivity index (χ4v) is 7.04. The minimum atomic E-state index is -1.03. The van der Waals surface area contributed by atoms with Crippen molar-refractivity contribution < 1.29 is 14.6 Å². The van der Waals surface area contributed by atoms with Crippen molar-refractivity contribution in [2.24, 2.45) is 0 Å². The van der Waals surface area contributed by atoms with E-state index >= 15 is 0 Å². The largest absolute Gasteiger partial charge is 0.497 e. The van der Waals surface area contributed by atoms with E-state index in [9.17, 15) is 14.7 Å². The van der Waals surface area contributed by atoms with Crippen molar-refractivity contribution in [2.75, 3.05) is 20.2 Å². The molecule has 1 aromatic heterocycles. The minimum Gasteiger partial charge on any atom is -0.497 e. The first-order valence-corrected chi connectivity index (χ1v) is 15.1. The third kappa shape index (κ3) is 5.35. The van der Waals surface area contributed by atoms with Crippen molar-refractivity contribution in [3.8, 4) is 5.75 Å². The Kier molecular flexibility index (Phi) is 8.34.